The number of hydrogen-bond donors (Lipinski definition) is 1. The maximum atomic E-state index is 10.5. The lowest BCUT2D eigenvalue weighted by molar-refractivity contribution is -0.224. The van der Waals surface area contributed by atoms with Crippen LogP contribution in [0.25, 0.3) is 0 Å². The first-order chi connectivity index (χ1) is 13.4. The van der Waals surface area contributed by atoms with E-state index in [4.69, 9.17) is 9.47 Å². The first-order valence-corrected chi connectivity index (χ1v) is 12.4. The number of ether oxygens (including phenoxy) is 2. The number of aliphatic hydroxyl groups excluding tert-OH is 1. The second kappa shape index (κ2) is 10.5. The summed E-state index contributed by atoms with van der Waals surface area (Å²) < 4.78 is 12.2. The quantitative estimate of drug-likeness (QED) is 0.433. The van der Waals surface area contributed by atoms with Crippen LogP contribution in [0, 0.1) is 22.7 Å². The van der Waals surface area contributed by atoms with Gasteiger partial charge in [0.1, 0.15) is 0 Å². The predicted octanol–water partition coefficient (Wildman–Crippen LogP) is 7.11. The average molecular weight is 411 g/mol. The Bertz CT molecular complexity index is 459. The highest BCUT2D eigenvalue weighted by atomic mass is 16.6. The van der Waals surface area contributed by atoms with Gasteiger partial charge in [0.15, 0.2) is 6.29 Å². The van der Waals surface area contributed by atoms with Crippen LogP contribution in [0.5, 0.6) is 0 Å². The summed E-state index contributed by atoms with van der Waals surface area (Å²) in [5.74, 6) is 1.55. The van der Waals surface area contributed by atoms with Crippen molar-refractivity contribution in [2.75, 3.05) is 6.61 Å². The molecule has 3 heteroatoms. The molecule has 0 aromatic heterocycles. The van der Waals surface area contributed by atoms with Crippen molar-refractivity contribution in [2.45, 2.75) is 137 Å². The van der Waals surface area contributed by atoms with Crippen molar-refractivity contribution in [2.24, 2.45) is 22.7 Å². The standard InChI is InChI=1S/C26H50O3/c1-8-26(16-10-9-11-17-26)29-23(27)19-28-21-14-12-20(13-15-21)22(25(5,6)7)18-24(2,3)4/h20-23,27H,8-19H2,1-7H3. The van der Waals surface area contributed by atoms with E-state index in [2.05, 4.69) is 48.5 Å². The van der Waals surface area contributed by atoms with Crippen molar-refractivity contribution in [3.05, 3.63) is 0 Å². The van der Waals surface area contributed by atoms with E-state index < -0.39 is 6.29 Å². The Morgan fingerprint density at radius 1 is 0.931 bits per heavy atom. The highest BCUT2D eigenvalue weighted by Crippen LogP contribution is 2.46. The van der Waals surface area contributed by atoms with Gasteiger partial charge < -0.3 is 14.6 Å². The van der Waals surface area contributed by atoms with Gasteiger partial charge in [-0.2, -0.15) is 0 Å². The summed E-state index contributed by atoms with van der Waals surface area (Å²) in [6.45, 7) is 16.9. The Morgan fingerprint density at radius 3 is 2.00 bits per heavy atom. The summed E-state index contributed by atoms with van der Waals surface area (Å²) >= 11 is 0. The summed E-state index contributed by atoms with van der Waals surface area (Å²) in [5.41, 5.74) is 0.608. The maximum absolute atomic E-state index is 10.5. The lowest BCUT2D eigenvalue weighted by Crippen LogP contribution is -2.40. The minimum absolute atomic E-state index is 0.119. The Kier molecular flexibility index (Phi) is 9.07. The van der Waals surface area contributed by atoms with E-state index in [-0.39, 0.29) is 11.7 Å². The molecular formula is C26H50O3. The van der Waals surface area contributed by atoms with Crippen molar-refractivity contribution in [1.82, 2.24) is 0 Å². The van der Waals surface area contributed by atoms with Crippen LogP contribution in [-0.2, 0) is 9.47 Å². The molecule has 0 aliphatic heterocycles. The number of rotatable bonds is 8. The van der Waals surface area contributed by atoms with Gasteiger partial charge in [-0.25, -0.2) is 0 Å². The number of aliphatic hydroxyl groups is 1. The Balaban J connectivity index is 1.78. The fraction of sp³-hybridized carbons (Fsp3) is 1.00. The lowest BCUT2D eigenvalue weighted by atomic mass is 9.63. The average Bonchev–Trinajstić information content (AvgIpc) is 2.64. The summed E-state index contributed by atoms with van der Waals surface area (Å²) in [7, 11) is 0. The first-order valence-electron chi connectivity index (χ1n) is 12.4. The van der Waals surface area contributed by atoms with Gasteiger partial charge in [0.05, 0.1) is 18.3 Å². The normalized spacial score (nSPS) is 28.1. The minimum Gasteiger partial charge on any atom is -0.373 e. The predicted molar refractivity (Wildman–Crippen MR) is 122 cm³/mol. The molecule has 3 nitrogen and oxygen atoms in total. The van der Waals surface area contributed by atoms with E-state index in [0.717, 1.165) is 43.9 Å². The molecule has 2 atom stereocenters. The van der Waals surface area contributed by atoms with E-state index >= 15 is 0 Å². The van der Waals surface area contributed by atoms with Gasteiger partial charge >= 0.3 is 0 Å². The molecule has 2 aliphatic carbocycles. The van der Waals surface area contributed by atoms with Crippen molar-refractivity contribution in [3.8, 4) is 0 Å². The molecule has 1 N–H and O–H groups in total. The van der Waals surface area contributed by atoms with Crippen LogP contribution >= 0.6 is 0 Å². The summed E-state index contributed by atoms with van der Waals surface area (Å²) in [6, 6.07) is 0. The minimum atomic E-state index is -0.783. The van der Waals surface area contributed by atoms with Crippen molar-refractivity contribution in [3.63, 3.8) is 0 Å². The lowest BCUT2D eigenvalue weighted by Gasteiger charge is -2.43. The van der Waals surface area contributed by atoms with E-state index in [1.807, 2.05) is 0 Å². The summed E-state index contributed by atoms with van der Waals surface area (Å²) in [5, 5.41) is 10.5. The molecule has 2 unspecified atom stereocenters. The number of hydrogen-bond acceptors (Lipinski definition) is 3. The zero-order valence-corrected chi connectivity index (χ0v) is 20.6. The van der Waals surface area contributed by atoms with Gasteiger partial charge in [0.2, 0.25) is 0 Å². The van der Waals surface area contributed by atoms with Gasteiger partial charge in [-0.1, -0.05) is 67.7 Å². The third-order valence-electron chi connectivity index (χ3n) is 7.50. The topological polar surface area (TPSA) is 38.7 Å². The molecule has 2 rings (SSSR count). The Morgan fingerprint density at radius 2 is 1.52 bits per heavy atom. The smallest absolute Gasteiger partial charge is 0.178 e. The van der Waals surface area contributed by atoms with E-state index in [9.17, 15) is 5.11 Å². The molecule has 0 saturated heterocycles. The zero-order valence-electron chi connectivity index (χ0n) is 20.6. The van der Waals surface area contributed by atoms with Crippen LogP contribution in [0.15, 0.2) is 0 Å². The second-order valence-electron chi connectivity index (χ2n) is 12.3. The van der Waals surface area contributed by atoms with E-state index in [1.165, 1.54) is 38.5 Å². The molecule has 0 radical (unpaired) electrons. The first kappa shape index (κ1) is 25.1. The highest BCUT2D eigenvalue weighted by molar-refractivity contribution is 4.87. The second-order valence-corrected chi connectivity index (χ2v) is 12.3. The summed E-state index contributed by atoms with van der Waals surface area (Å²) in [4.78, 5) is 0. The van der Waals surface area contributed by atoms with Gasteiger partial charge in [0.25, 0.3) is 0 Å². The third-order valence-corrected chi connectivity index (χ3v) is 7.50. The van der Waals surface area contributed by atoms with Gasteiger partial charge in [-0.3, -0.25) is 0 Å². The van der Waals surface area contributed by atoms with Crippen LogP contribution in [-0.4, -0.2) is 29.7 Å². The highest BCUT2D eigenvalue weighted by Gasteiger charge is 2.38. The maximum Gasteiger partial charge on any atom is 0.178 e. The fourth-order valence-corrected chi connectivity index (χ4v) is 5.79. The molecule has 2 fully saturated rings. The fourth-order valence-electron chi connectivity index (χ4n) is 5.79. The molecule has 29 heavy (non-hydrogen) atoms. The molecule has 0 spiro atoms. The Labute approximate surface area is 181 Å². The van der Waals surface area contributed by atoms with Crippen LogP contribution in [0.3, 0.4) is 0 Å². The SMILES string of the molecule is CCC1(OC(O)COC2CCC(C(CC(C)(C)C)C(C)(C)C)CC2)CCCCC1. The monoisotopic (exact) mass is 410 g/mol. The van der Waals surface area contributed by atoms with Crippen molar-refractivity contribution in [1.29, 1.82) is 0 Å². The Hall–Kier alpha value is -0.120. The molecular weight excluding hydrogens is 360 g/mol. The van der Waals surface area contributed by atoms with Crippen molar-refractivity contribution < 1.29 is 14.6 Å². The molecule has 2 aliphatic rings. The third kappa shape index (κ3) is 8.15. The molecule has 0 heterocycles. The van der Waals surface area contributed by atoms with Crippen molar-refractivity contribution >= 4 is 0 Å². The summed E-state index contributed by atoms with van der Waals surface area (Å²) in [6.07, 6.45) is 12.4. The van der Waals surface area contributed by atoms with E-state index in [0.29, 0.717) is 17.4 Å². The van der Waals surface area contributed by atoms with Crippen LogP contribution in [0.4, 0.5) is 0 Å². The van der Waals surface area contributed by atoms with E-state index in [1.54, 1.807) is 0 Å². The molecule has 0 amide bonds. The van der Waals surface area contributed by atoms with Crippen LogP contribution in [0.2, 0.25) is 0 Å². The largest absolute Gasteiger partial charge is 0.373 e. The molecule has 172 valence electrons. The molecule has 0 aromatic rings. The zero-order chi connectivity index (χ0) is 21.7. The van der Waals surface area contributed by atoms with Gasteiger partial charge in [-0.05, 0) is 74.0 Å². The van der Waals surface area contributed by atoms with Crippen LogP contribution in [0.1, 0.15) is 119 Å². The van der Waals surface area contributed by atoms with Gasteiger partial charge in [-0.15, -0.1) is 0 Å². The molecule has 0 bridgehead atoms. The van der Waals surface area contributed by atoms with Crippen LogP contribution < -0.4 is 0 Å². The molecule has 2 saturated carbocycles. The van der Waals surface area contributed by atoms with Gasteiger partial charge in [0, 0.05) is 0 Å². The molecule has 0 aromatic carbocycles.